The molecule has 0 saturated heterocycles. The molecule has 96 valence electrons. The Kier molecular flexibility index (Phi) is 5.04. The van der Waals surface area contributed by atoms with Gasteiger partial charge < -0.3 is 9.30 Å². The fourth-order valence-electron chi connectivity index (χ4n) is 1.43. The first-order chi connectivity index (χ1) is 8.79. The number of halogens is 1. The quantitative estimate of drug-likeness (QED) is 0.764. The van der Waals surface area contributed by atoms with Crippen molar-refractivity contribution in [3.63, 3.8) is 0 Å². The van der Waals surface area contributed by atoms with Crippen LogP contribution in [0, 0.1) is 0 Å². The van der Waals surface area contributed by atoms with Crippen LogP contribution in [0.5, 0.6) is 0 Å². The molecule has 0 spiro atoms. The number of ether oxygens (including phenoxy) is 1. The van der Waals surface area contributed by atoms with Crippen LogP contribution in [-0.4, -0.2) is 28.5 Å². The van der Waals surface area contributed by atoms with Gasteiger partial charge in [0.2, 0.25) is 0 Å². The number of thioether (sulfide) groups is 1. The highest BCUT2D eigenvalue weighted by Gasteiger charge is 2.05. The van der Waals surface area contributed by atoms with Gasteiger partial charge in [0.1, 0.15) is 6.33 Å². The monoisotopic (exact) mass is 283 g/mol. The number of rotatable bonds is 6. The lowest BCUT2D eigenvalue weighted by Gasteiger charge is -2.05. The van der Waals surface area contributed by atoms with Crippen LogP contribution < -0.4 is 0 Å². The molecule has 2 aromatic rings. The summed E-state index contributed by atoms with van der Waals surface area (Å²) < 4.78 is 7.04. The van der Waals surface area contributed by atoms with Gasteiger partial charge in [-0.2, -0.15) is 0 Å². The molecule has 6 heteroatoms. The summed E-state index contributed by atoms with van der Waals surface area (Å²) in [7, 11) is 1.69. The molecule has 0 fully saturated rings. The van der Waals surface area contributed by atoms with E-state index in [1.807, 2.05) is 28.8 Å². The van der Waals surface area contributed by atoms with Crippen molar-refractivity contribution in [3.8, 4) is 0 Å². The van der Waals surface area contributed by atoms with Crippen molar-refractivity contribution in [2.45, 2.75) is 17.5 Å². The number of benzene rings is 1. The predicted molar refractivity (Wildman–Crippen MR) is 72.9 cm³/mol. The fraction of sp³-hybridized carbons (Fsp3) is 0.333. The van der Waals surface area contributed by atoms with Crippen molar-refractivity contribution >= 4 is 23.4 Å². The molecule has 0 bridgehead atoms. The molecule has 1 aromatic carbocycles. The van der Waals surface area contributed by atoms with Crippen molar-refractivity contribution in [1.29, 1.82) is 0 Å². The van der Waals surface area contributed by atoms with Crippen molar-refractivity contribution in [2.75, 3.05) is 13.7 Å². The van der Waals surface area contributed by atoms with E-state index in [4.69, 9.17) is 16.3 Å². The van der Waals surface area contributed by atoms with Crippen LogP contribution >= 0.6 is 23.4 Å². The first-order valence-electron chi connectivity index (χ1n) is 5.53. The second-order valence-corrected chi connectivity index (χ2v) is 5.09. The minimum absolute atomic E-state index is 0.659. The van der Waals surface area contributed by atoms with E-state index in [-0.39, 0.29) is 0 Å². The fourth-order valence-corrected chi connectivity index (χ4v) is 2.45. The number of hydrogen-bond acceptors (Lipinski definition) is 4. The molecule has 0 saturated carbocycles. The SMILES string of the molecule is COCCn1cnnc1SCc1ccc(Cl)cc1. The van der Waals surface area contributed by atoms with Crippen molar-refractivity contribution < 1.29 is 4.74 Å². The van der Waals surface area contributed by atoms with E-state index in [1.54, 1.807) is 25.2 Å². The summed E-state index contributed by atoms with van der Waals surface area (Å²) in [6.07, 6.45) is 1.73. The Hall–Kier alpha value is -1.04. The van der Waals surface area contributed by atoms with Crippen LogP contribution in [0.15, 0.2) is 35.7 Å². The highest BCUT2D eigenvalue weighted by atomic mass is 35.5. The summed E-state index contributed by atoms with van der Waals surface area (Å²) in [4.78, 5) is 0. The van der Waals surface area contributed by atoms with Gasteiger partial charge in [-0.1, -0.05) is 35.5 Å². The molecule has 18 heavy (non-hydrogen) atoms. The summed E-state index contributed by atoms with van der Waals surface area (Å²) in [6, 6.07) is 7.83. The van der Waals surface area contributed by atoms with E-state index in [9.17, 15) is 0 Å². The van der Waals surface area contributed by atoms with Crippen LogP contribution in [0.1, 0.15) is 5.56 Å². The van der Waals surface area contributed by atoms with Gasteiger partial charge in [-0.3, -0.25) is 0 Å². The molecule has 0 amide bonds. The van der Waals surface area contributed by atoms with E-state index < -0.39 is 0 Å². The molecule has 1 heterocycles. The van der Waals surface area contributed by atoms with Gasteiger partial charge in [-0.25, -0.2) is 0 Å². The zero-order valence-electron chi connectivity index (χ0n) is 10.0. The molecule has 0 unspecified atom stereocenters. The van der Waals surface area contributed by atoms with Gasteiger partial charge in [0, 0.05) is 24.4 Å². The molecular weight excluding hydrogens is 270 g/mol. The molecular formula is C12H14ClN3OS. The van der Waals surface area contributed by atoms with Crippen LogP contribution in [0.25, 0.3) is 0 Å². The summed E-state index contributed by atoms with van der Waals surface area (Å²) in [6.45, 7) is 1.43. The zero-order valence-corrected chi connectivity index (χ0v) is 11.6. The third-order valence-corrected chi connectivity index (χ3v) is 3.70. The van der Waals surface area contributed by atoms with Crippen LogP contribution in [-0.2, 0) is 17.0 Å². The van der Waals surface area contributed by atoms with E-state index in [1.165, 1.54) is 5.56 Å². The van der Waals surface area contributed by atoms with Crippen molar-refractivity contribution in [3.05, 3.63) is 41.2 Å². The summed E-state index contributed by atoms with van der Waals surface area (Å²) in [5.41, 5.74) is 1.21. The Labute approximate surface area is 115 Å². The molecule has 1 aromatic heterocycles. The van der Waals surface area contributed by atoms with Gasteiger partial charge in [0.15, 0.2) is 5.16 Å². The van der Waals surface area contributed by atoms with Crippen LogP contribution in [0.2, 0.25) is 5.02 Å². The molecule has 4 nitrogen and oxygen atoms in total. The summed E-state index contributed by atoms with van der Waals surface area (Å²) in [5, 5.41) is 9.67. The van der Waals surface area contributed by atoms with Gasteiger partial charge in [-0.05, 0) is 17.7 Å². The first-order valence-corrected chi connectivity index (χ1v) is 6.90. The van der Waals surface area contributed by atoms with Crippen molar-refractivity contribution in [1.82, 2.24) is 14.8 Å². The van der Waals surface area contributed by atoms with Crippen LogP contribution in [0.3, 0.4) is 0 Å². The average Bonchev–Trinajstić information content (AvgIpc) is 2.83. The van der Waals surface area contributed by atoms with E-state index in [0.717, 1.165) is 22.5 Å². The zero-order chi connectivity index (χ0) is 12.8. The largest absolute Gasteiger partial charge is 0.383 e. The minimum atomic E-state index is 0.659. The Morgan fingerprint density at radius 1 is 1.33 bits per heavy atom. The van der Waals surface area contributed by atoms with Gasteiger partial charge in [0.25, 0.3) is 0 Å². The Balaban J connectivity index is 1.93. The minimum Gasteiger partial charge on any atom is -0.383 e. The van der Waals surface area contributed by atoms with E-state index in [2.05, 4.69) is 10.2 Å². The smallest absolute Gasteiger partial charge is 0.191 e. The molecule has 2 rings (SSSR count). The summed E-state index contributed by atoms with van der Waals surface area (Å²) >= 11 is 7.50. The molecule has 0 atom stereocenters. The molecule has 0 aliphatic rings. The maximum absolute atomic E-state index is 5.85. The second kappa shape index (κ2) is 6.78. The lowest BCUT2D eigenvalue weighted by atomic mass is 10.2. The lowest BCUT2D eigenvalue weighted by Crippen LogP contribution is -2.04. The average molecular weight is 284 g/mol. The Bertz CT molecular complexity index is 486. The topological polar surface area (TPSA) is 39.9 Å². The third-order valence-electron chi connectivity index (χ3n) is 2.40. The summed E-state index contributed by atoms with van der Waals surface area (Å²) in [5.74, 6) is 0.850. The van der Waals surface area contributed by atoms with E-state index >= 15 is 0 Å². The first kappa shape index (κ1) is 13.4. The second-order valence-electron chi connectivity index (χ2n) is 3.71. The Morgan fingerprint density at radius 2 is 2.11 bits per heavy atom. The third kappa shape index (κ3) is 3.73. The van der Waals surface area contributed by atoms with Gasteiger partial charge >= 0.3 is 0 Å². The van der Waals surface area contributed by atoms with Crippen LogP contribution in [0.4, 0.5) is 0 Å². The highest BCUT2D eigenvalue weighted by molar-refractivity contribution is 7.98. The van der Waals surface area contributed by atoms with Crippen molar-refractivity contribution in [2.24, 2.45) is 0 Å². The number of aromatic nitrogens is 3. The normalized spacial score (nSPS) is 10.8. The number of hydrogen-bond donors (Lipinski definition) is 0. The Morgan fingerprint density at radius 3 is 2.83 bits per heavy atom. The maximum Gasteiger partial charge on any atom is 0.191 e. The van der Waals surface area contributed by atoms with Gasteiger partial charge in [-0.15, -0.1) is 10.2 Å². The molecule has 0 aliphatic carbocycles. The standard InChI is InChI=1S/C12H14ClN3OS/c1-17-7-6-16-9-14-15-12(16)18-8-10-2-4-11(13)5-3-10/h2-5,9H,6-8H2,1H3. The lowest BCUT2D eigenvalue weighted by molar-refractivity contribution is 0.184. The van der Waals surface area contributed by atoms with E-state index in [0.29, 0.717) is 6.61 Å². The highest BCUT2D eigenvalue weighted by Crippen LogP contribution is 2.21. The number of methoxy groups -OCH3 is 1. The predicted octanol–water partition coefficient (Wildman–Crippen LogP) is 2.87. The molecule has 0 N–H and O–H groups in total. The molecule has 0 radical (unpaired) electrons. The molecule has 0 aliphatic heterocycles. The van der Waals surface area contributed by atoms with Gasteiger partial charge in [0.05, 0.1) is 6.61 Å². The maximum atomic E-state index is 5.85. The number of nitrogens with zero attached hydrogens (tertiary/aromatic N) is 3.